The zero-order valence-electron chi connectivity index (χ0n) is 18.0. The smallest absolute Gasteiger partial charge is 0.263 e. The molecule has 0 atom stereocenters. The molecule has 2 aromatic heterocycles. The third-order valence-electron chi connectivity index (χ3n) is 5.58. The number of carbonyl (C=O) groups excluding carboxylic acids is 1. The first-order valence-electron chi connectivity index (χ1n) is 10.6. The van der Waals surface area contributed by atoms with E-state index in [2.05, 4.69) is 6.58 Å². The molecule has 1 aliphatic rings. The van der Waals surface area contributed by atoms with Crippen LogP contribution in [0.5, 0.6) is 0 Å². The van der Waals surface area contributed by atoms with Gasteiger partial charge in [0.1, 0.15) is 4.83 Å². The highest BCUT2D eigenvalue weighted by Crippen LogP contribution is 2.34. The predicted octanol–water partition coefficient (Wildman–Crippen LogP) is 4.91. The summed E-state index contributed by atoms with van der Waals surface area (Å²) in [4.78, 5) is 34.2. The van der Waals surface area contributed by atoms with E-state index in [-0.39, 0.29) is 11.5 Å². The maximum Gasteiger partial charge on any atom is 0.263 e. The fourth-order valence-electron chi connectivity index (χ4n) is 3.95. The normalized spacial score (nSPS) is 13.6. The molecule has 0 N–H and O–H groups in total. The highest BCUT2D eigenvalue weighted by Gasteiger charge is 2.21. The minimum absolute atomic E-state index is 0.0106. The van der Waals surface area contributed by atoms with Crippen molar-refractivity contribution in [1.82, 2.24) is 14.5 Å². The van der Waals surface area contributed by atoms with E-state index >= 15 is 0 Å². The van der Waals surface area contributed by atoms with E-state index in [4.69, 9.17) is 4.98 Å². The molecule has 0 radical (unpaired) electrons. The summed E-state index contributed by atoms with van der Waals surface area (Å²) in [5, 5.41) is 1.54. The van der Waals surface area contributed by atoms with Gasteiger partial charge < -0.3 is 4.90 Å². The van der Waals surface area contributed by atoms with Crippen LogP contribution in [0.25, 0.3) is 10.2 Å². The number of thioether (sulfide) groups is 1. The molecule has 0 spiro atoms. The molecular formula is C24H27N3O2S2. The second-order valence-electron chi connectivity index (χ2n) is 8.03. The molecule has 1 amide bonds. The second kappa shape index (κ2) is 9.40. The molecule has 0 saturated carbocycles. The van der Waals surface area contributed by atoms with Crippen molar-refractivity contribution in [3.8, 4) is 0 Å². The maximum atomic E-state index is 13.4. The average Bonchev–Trinajstić information content (AvgIpc) is 2.95. The number of hydrogen-bond acceptors (Lipinski definition) is 5. The Kier molecular flexibility index (Phi) is 6.62. The van der Waals surface area contributed by atoms with Crippen LogP contribution in [0.4, 0.5) is 0 Å². The number of thiophene rings is 1. The first-order chi connectivity index (χ1) is 15.0. The van der Waals surface area contributed by atoms with Crippen LogP contribution in [0.1, 0.15) is 45.6 Å². The summed E-state index contributed by atoms with van der Waals surface area (Å²) in [7, 11) is 3.49. The van der Waals surface area contributed by atoms with Gasteiger partial charge >= 0.3 is 0 Å². The van der Waals surface area contributed by atoms with Gasteiger partial charge in [0.25, 0.3) is 11.5 Å². The maximum absolute atomic E-state index is 13.4. The Morgan fingerprint density at radius 2 is 1.97 bits per heavy atom. The van der Waals surface area contributed by atoms with Gasteiger partial charge in [0.2, 0.25) is 0 Å². The fourth-order valence-corrected chi connectivity index (χ4v) is 6.21. The summed E-state index contributed by atoms with van der Waals surface area (Å²) < 4.78 is 1.75. The number of carbonyl (C=O) groups is 1. The number of rotatable bonds is 6. The van der Waals surface area contributed by atoms with Crippen molar-refractivity contribution >= 4 is 39.2 Å². The van der Waals surface area contributed by atoms with E-state index in [1.54, 1.807) is 52.7 Å². The largest absolute Gasteiger partial charge is 0.345 e. The van der Waals surface area contributed by atoms with Crippen molar-refractivity contribution in [2.45, 2.75) is 49.6 Å². The second-order valence-corrected chi connectivity index (χ2v) is 10.1. The highest BCUT2D eigenvalue weighted by atomic mass is 32.2. The lowest BCUT2D eigenvalue weighted by molar-refractivity contribution is 0.0827. The fraction of sp³-hybridized carbons (Fsp3) is 0.375. The lowest BCUT2D eigenvalue weighted by Crippen LogP contribution is -2.23. The number of benzene rings is 1. The van der Waals surface area contributed by atoms with Crippen molar-refractivity contribution < 1.29 is 4.79 Å². The lowest BCUT2D eigenvalue weighted by Gasteiger charge is -2.12. The Hall–Kier alpha value is -2.38. The van der Waals surface area contributed by atoms with Crippen LogP contribution in [0.3, 0.4) is 0 Å². The van der Waals surface area contributed by atoms with Crippen molar-refractivity contribution in [3.63, 3.8) is 0 Å². The molecule has 1 aromatic carbocycles. The Bertz CT molecular complexity index is 1180. The van der Waals surface area contributed by atoms with Gasteiger partial charge in [-0.05, 0) is 48.9 Å². The van der Waals surface area contributed by atoms with Crippen LogP contribution in [-0.4, -0.2) is 34.5 Å². The van der Waals surface area contributed by atoms with Gasteiger partial charge in [-0.1, -0.05) is 36.4 Å². The summed E-state index contributed by atoms with van der Waals surface area (Å²) in [5.41, 5.74) is 3.04. The molecule has 1 aliphatic carbocycles. The zero-order chi connectivity index (χ0) is 22.0. The quantitative estimate of drug-likeness (QED) is 0.230. The van der Waals surface area contributed by atoms with Crippen LogP contribution in [0.15, 0.2) is 46.9 Å². The summed E-state index contributed by atoms with van der Waals surface area (Å²) >= 11 is 3.25. The summed E-state index contributed by atoms with van der Waals surface area (Å²) in [5.74, 6) is 0.667. The van der Waals surface area contributed by atoms with Crippen LogP contribution >= 0.6 is 23.1 Å². The molecule has 0 fully saturated rings. The molecule has 0 aliphatic heterocycles. The molecule has 0 unspecified atom stereocenters. The van der Waals surface area contributed by atoms with Gasteiger partial charge in [0, 0.05) is 36.8 Å². The zero-order valence-corrected chi connectivity index (χ0v) is 19.7. The molecular weight excluding hydrogens is 426 g/mol. The van der Waals surface area contributed by atoms with E-state index in [0.717, 1.165) is 40.2 Å². The SMILES string of the molecule is C=CCn1c(SCc2ccc(C(=O)N(C)C)cc2)nc2sc3c(c2c1=O)CCCCC3. The van der Waals surface area contributed by atoms with Gasteiger partial charge in [-0.2, -0.15) is 0 Å². The van der Waals surface area contributed by atoms with Crippen molar-refractivity contribution in [2.75, 3.05) is 14.1 Å². The van der Waals surface area contributed by atoms with Gasteiger partial charge in [-0.25, -0.2) is 4.98 Å². The Morgan fingerprint density at radius 3 is 2.68 bits per heavy atom. The number of aryl methyl sites for hydroxylation is 2. The Morgan fingerprint density at radius 1 is 1.23 bits per heavy atom. The molecule has 31 heavy (non-hydrogen) atoms. The molecule has 3 aromatic rings. The van der Waals surface area contributed by atoms with Crippen molar-refractivity contribution in [2.24, 2.45) is 0 Å². The molecule has 2 heterocycles. The van der Waals surface area contributed by atoms with E-state index < -0.39 is 0 Å². The molecule has 0 saturated heterocycles. The first kappa shape index (κ1) is 21.8. The molecule has 0 bridgehead atoms. The standard InChI is InChI=1S/C24H27N3O2S2/c1-4-14-27-23(29)20-18-8-6-5-7-9-19(18)31-21(20)25-24(27)30-15-16-10-12-17(13-11-16)22(28)26(2)3/h4,10-13H,1,5-9,14-15H2,2-3H3. The van der Waals surface area contributed by atoms with Gasteiger partial charge in [0.15, 0.2) is 5.16 Å². The minimum atomic E-state index is -0.0106. The molecule has 4 rings (SSSR count). The van der Waals surface area contributed by atoms with E-state index in [0.29, 0.717) is 17.9 Å². The Balaban J connectivity index is 1.64. The average molecular weight is 454 g/mol. The van der Waals surface area contributed by atoms with E-state index in [1.807, 2.05) is 24.3 Å². The minimum Gasteiger partial charge on any atom is -0.345 e. The molecule has 5 nitrogen and oxygen atoms in total. The number of nitrogens with zero attached hydrogens (tertiary/aromatic N) is 3. The molecule has 7 heteroatoms. The van der Waals surface area contributed by atoms with Gasteiger partial charge in [-0.15, -0.1) is 17.9 Å². The van der Waals surface area contributed by atoms with Crippen molar-refractivity contribution in [1.29, 1.82) is 0 Å². The van der Waals surface area contributed by atoms with Crippen LogP contribution in [-0.2, 0) is 25.1 Å². The summed E-state index contributed by atoms with van der Waals surface area (Å²) in [6.07, 6.45) is 7.34. The number of fused-ring (bicyclic) bond motifs is 3. The number of aromatic nitrogens is 2. The van der Waals surface area contributed by atoms with Gasteiger partial charge in [0.05, 0.1) is 5.39 Å². The van der Waals surface area contributed by atoms with Crippen LogP contribution in [0, 0.1) is 0 Å². The van der Waals surface area contributed by atoms with Crippen LogP contribution in [0.2, 0.25) is 0 Å². The van der Waals surface area contributed by atoms with Gasteiger partial charge in [-0.3, -0.25) is 14.2 Å². The predicted molar refractivity (Wildman–Crippen MR) is 129 cm³/mol. The van der Waals surface area contributed by atoms with E-state index in [1.165, 1.54) is 23.3 Å². The first-order valence-corrected chi connectivity index (χ1v) is 12.4. The Labute approximate surface area is 190 Å². The van der Waals surface area contributed by atoms with Crippen molar-refractivity contribution in [3.05, 3.63) is 68.8 Å². The third-order valence-corrected chi connectivity index (χ3v) is 7.81. The summed E-state index contributed by atoms with van der Waals surface area (Å²) in [6, 6.07) is 7.63. The van der Waals surface area contributed by atoms with Crippen LogP contribution < -0.4 is 5.56 Å². The molecule has 162 valence electrons. The monoisotopic (exact) mass is 453 g/mol. The topological polar surface area (TPSA) is 55.2 Å². The lowest BCUT2D eigenvalue weighted by atomic mass is 10.1. The summed E-state index contributed by atoms with van der Waals surface area (Å²) in [6.45, 7) is 4.29. The number of amides is 1. The highest BCUT2D eigenvalue weighted by molar-refractivity contribution is 7.98. The number of hydrogen-bond donors (Lipinski definition) is 0. The van der Waals surface area contributed by atoms with E-state index in [9.17, 15) is 9.59 Å². The number of allylic oxidation sites excluding steroid dienone is 1. The third kappa shape index (κ3) is 4.48.